The topological polar surface area (TPSA) is 92.8 Å². The third-order valence-corrected chi connectivity index (χ3v) is 7.08. The highest BCUT2D eigenvalue weighted by Gasteiger charge is 2.31. The molecule has 0 radical (unpaired) electrons. The van der Waals surface area contributed by atoms with E-state index in [1.807, 2.05) is 44.2 Å². The highest BCUT2D eigenvalue weighted by molar-refractivity contribution is 7.92. The third-order valence-electron chi connectivity index (χ3n) is 4.46. The van der Waals surface area contributed by atoms with Gasteiger partial charge < -0.3 is 15.0 Å². The molecule has 8 heteroatoms. The van der Waals surface area contributed by atoms with Crippen molar-refractivity contribution in [2.75, 3.05) is 25.4 Å². The maximum absolute atomic E-state index is 12.3. The summed E-state index contributed by atoms with van der Waals surface area (Å²) in [6, 6.07) is 9.27. The highest BCUT2D eigenvalue weighted by atomic mass is 32.2. The van der Waals surface area contributed by atoms with Gasteiger partial charge in [0.2, 0.25) is 5.91 Å². The molecule has 2 rings (SSSR count). The molecule has 0 bridgehead atoms. The molecule has 0 atom stereocenters. The van der Waals surface area contributed by atoms with Crippen LogP contribution < -0.4 is 5.32 Å². The Kier molecular flexibility index (Phi) is 7.65. The largest absolute Gasteiger partial charge is 0.445 e. The molecule has 0 spiro atoms. The van der Waals surface area contributed by atoms with Crippen molar-refractivity contribution in [3.63, 3.8) is 0 Å². The van der Waals surface area contributed by atoms with E-state index in [1.54, 1.807) is 4.90 Å². The Labute approximate surface area is 161 Å². The van der Waals surface area contributed by atoms with Crippen molar-refractivity contribution < 1.29 is 22.7 Å². The second kappa shape index (κ2) is 9.73. The van der Waals surface area contributed by atoms with Gasteiger partial charge in [-0.15, -0.1) is 0 Å². The van der Waals surface area contributed by atoms with E-state index >= 15 is 0 Å². The Morgan fingerprint density at radius 1 is 1.19 bits per heavy atom. The number of sulfone groups is 1. The number of benzene rings is 1. The number of carbonyl (C=O) groups is 2. The van der Waals surface area contributed by atoms with Gasteiger partial charge in [0.05, 0.1) is 11.0 Å². The summed E-state index contributed by atoms with van der Waals surface area (Å²) in [5.74, 6) is 0.0487. The molecule has 27 heavy (non-hydrogen) atoms. The normalized spacial score (nSPS) is 15.6. The molecule has 150 valence electrons. The smallest absolute Gasteiger partial charge is 0.407 e. The number of nitrogens with one attached hydrogen (secondary N) is 1. The van der Waals surface area contributed by atoms with E-state index < -0.39 is 15.9 Å². The molecule has 0 aliphatic carbocycles. The second-order valence-corrected chi connectivity index (χ2v) is 9.54. The predicted octanol–water partition coefficient (Wildman–Crippen LogP) is 1.97. The van der Waals surface area contributed by atoms with Crippen LogP contribution in [0.2, 0.25) is 0 Å². The van der Waals surface area contributed by atoms with Gasteiger partial charge in [0, 0.05) is 13.1 Å². The van der Waals surface area contributed by atoms with Crippen LogP contribution in [0.1, 0.15) is 32.3 Å². The molecule has 1 aromatic carbocycles. The zero-order valence-electron chi connectivity index (χ0n) is 15.9. The molecule has 1 aromatic rings. The summed E-state index contributed by atoms with van der Waals surface area (Å²) in [5.41, 5.74) is 0.864. The molecule has 0 unspecified atom stereocenters. The van der Waals surface area contributed by atoms with Crippen molar-refractivity contribution in [2.45, 2.75) is 38.5 Å². The molecular weight excluding hydrogens is 368 g/mol. The number of amides is 2. The lowest BCUT2D eigenvalue weighted by molar-refractivity contribution is -0.131. The lowest BCUT2D eigenvalue weighted by Gasteiger charge is -2.32. The first-order valence-electron chi connectivity index (χ1n) is 9.22. The Hall–Kier alpha value is -2.09. The summed E-state index contributed by atoms with van der Waals surface area (Å²) in [4.78, 5) is 25.5. The number of hydrogen-bond donors (Lipinski definition) is 1. The van der Waals surface area contributed by atoms with Gasteiger partial charge in [-0.1, -0.05) is 44.2 Å². The van der Waals surface area contributed by atoms with E-state index in [0.29, 0.717) is 25.9 Å². The number of hydrogen-bond acceptors (Lipinski definition) is 5. The van der Waals surface area contributed by atoms with Crippen LogP contribution in [-0.2, 0) is 26.0 Å². The standard InChI is InChI=1S/C19H28N2O5S/c1-15(2)14-27(24,25)17-8-10-21(11-9-17)18(22)12-20-19(23)26-13-16-6-4-3-5-7-16/h3-7,15,17H,8-14H2,1-2H3,(H,20,23). The SMILES string of the molecule is CC(C)CS(=O)(=O)C1CCN(C(=O)CNC(=O)OCc2ccccc2)CC1. The minimum Gasteiger partial charge on any atom is -0.445 e. The molecule has 0 saturated carbocycles. The van der Waals surface area contributed by atoms with Gasteiger partial charge in [-0.3, -0.25) is 4.79 Å². The summed E-state index contributed by atoms with van der Waals surface area (Å²) in [7, 11) is -3.12. The van der Waals surface area contributed by atoms with Crippen LogP contribution in [0.15, 0.2) is 30.3 Å². The first-order valence-corrected chi connectivity index (χ1v) is 10.9. The van der Waals surface area contributed by atoms with Crippen molar-refractivity contribution in [3.8, 4) is 0 Å². The van der Waals surface area contributed by atoms with Gasteiger partial charge in [0.1, 0.15) is 13.2 Å². The minimum absolute atomic E-state index is 0.0979. The fourth-order valence-electron chi connectivity index (χ4n) is 3.10. The van der Waals surface area contributed by atoms with E-state index in [2.05, 4.69) is 5.32 Å². The number of alkyl carbamates (subject to hydrolysis) is 1. The quantitative estimate of drug-likeness (QED) is 0.761. The van der Waals surface area contributed by atoms with Gasteiger partial charge in [0.15, 0.2) is 9.84 Å². The summed E-state index contributed by atoms with van der Waals surface area (Å²) in [6.45, 7) is 4.54. The van der Waals surface area contributed by atoms with E-state index in [1.165, 1.54) is 0 Å². The Morgan fingerprint density at radius 2 is 1.81 bits per heavy atom. The molecule has 1 aliphatic rings. The molecule has 0 aromatic heterocycles. The lowest BCUT2D eigenvalue weighted by Crippen LogP contribution is -2.46. The first kappa shape index (κ1) is 21.2. The van der Waals surface area contributed by atoms with Crippen LogP contribution in [0.3, 0.4) is 0 Å². The summed E-state index contributed by atoms with van der Waals surface area (Å²) in [5, 5.41) is 2.07. The van der Waals surface area contributed by atoms with Crippen LogP contribution in [0.4, 0.5) is 4.79 Å². The zero-order valence-corrected chi connectivity index (χ0v) is 16.7. The monoisotopic (exact) mass is 396 g/mol. The van der Waals surface area contributed by atoms with Crippen LogP contribution in [-0.4, -0.2) is 56.0 Å². The molecule has 1 heterocycles. The molecular formula is C19H28N2O5S. The van der Waals surface area contributed by atoms with E-state index in [-0.39, 0.29) is 36.0 Å². The van der Waals surface area contributed by atoms with Crippen molar-refractivity contribution in [3.05, 3.63) is 35.9 Å². The fourth-order valence-corrected chi connectivity index (χ4v) is 5.23. The minimum atomic E-state index is -3.12. The molecule has 1 N–H and O–H groups in total. The maximum atomic E-state index is 12.3. The molecule has 1 saturated heterocycles. The number of likely N-dealkylation sites (tertiary alicyclic amines) is 1. The van der Waals surface area contributed by atoms with Gasteiger partial charge >= 0.3 is 6.09 Å². The highest BCUT2D eigenvalue weighted by Crippen LogP contribution is 2.20. The van der Waals surface area contributed by atoms with Crippen LogP contribution >= 0.6 is 0 Å². The van der Waals surface area contributed by atoms with Crippen LogP contribution in [0.5, 0.6) is 0 Å². The number of rotatable bonds is 7. The number of piperidine rings is 1. The van der Waals surface area contributed by atoms with E-state index in [9.17, 15) is 18.0 Å². The Bertz CT molecular complexity index is 726. The van der Waals surface area contributed by atoms with E-state index in [4.69, 9.17) is 4.74 Å². The van der Waals surface area contributed by atoms with Gasteiger partial charge in [0.25, 0.3) is 0 Å². The second-order valence-electron chi connectivity index (χ2n) is 7.22. The maximum Gasteiger partial charge on any atom is 0.407 e. The van der Waals surface area contributed by atoms with Crippen LogP contribution in [0.25, 0.3) is 0 Å². The van der Waals surface area contributed by atoms with Crippen LogP contribution in [0, 0.1) is 5.92 Å². The average Bonchev–Trinajstić information content (AvgIpc) is 2.64. The van der Waals surface area contributed by atoms with Gasteiger partial charge in [-0.05, 0) is 24.3 Å². The average molecular weight is 397 g/mol. The van der Waals surface area contributed by atoms with Crippen molar-refractivity contribution in [2.24, 2.45) is 5.92 Å². The molecule has 2 amide bonds. The molecule has 7 nitrogen and oxygen atoms in total. The molecule has 1 aliphatic heterocycles. The molecule has 1 fully saturated rings. The van der Waals surface area contributed by atoms with Crippen molar-refractivity contribution in [1.29, 1.82) is 0 Å². The third kappa shape index (κ3) is 6.86. The number of carbonyl (C=O) groups excluding carboxylic acids is 2. The zero-order chi connectivity index (χ0) is 19.9. The first-order chi connectivity index (χ1) is 12.8. The summed E-state index contributed by atoms with van der Waals surface area (Å²) >= 11 is 0. The fraction of sp³-hybridized carbons (Fsp3) is 0.579. The van der Waals surface area contributed by atoms with Gasteiger partial charge in [-0.25, -0.2) is 13.2 Å². The Morgan fingerprint density at radius 3 is 2.41 bits per heavy atom. The summed E-state index contributed by atoms with van der Waals surface area (Å²) in [6.07, 6.45) is 0.236. The summed E-state index contributed by atoms with van der Waals surface area (Å²) < 4.78 is 29.7. The number of nitrogens with zero attached hydrogens (tertiary/aromatic N) is 1. The Balaban J connectivity index is 1.70. The van der Waals surface area contributed by atoms with Crippen molar-refractivity contribution in [1.82, 2.24) is 10.2 Å². The van der Waals surface area contributed by atoms with E-state index in [0.717, 1.165) is 5.56 Å². The van der Waals surface area contributed by atoms with Gasteiger partial charge in [-0.2, -0.15) is 0 Å². The van der Waals surface area contributed by atoms with Crippen molar-refractivity contribution >= 4 is 21.8 Å². The number of ether oxygens (including phenoxy) is 1. The predicted molar refractivity (Wildman–Crippen MR) is 103 cm³/mol. The lowest BCUT2D eigenvalue weighted by atomic mass is 10.1.